The maximum absolute atomic E-state index is 10.0. The summed E-state index contributed by atoms with van der Waals surface area (Å²) in [6.07, 6.45) is 5.31. The monoisotopic (exact) mass is 310 g/mol. The maximum Gasteiger partial charge on any atom is 0.205 e. The van der Waals surface area contributed by atoms with Crippen LogP contribution in [0, 0.1) is 0 Å². The third-order valence-corrected chi connectivity index (χ3v) is 4.62. The van der Waals surface area contributed by atoms with Crippen LogP contribution in [0.25, 0.3) is 0 Å². The number of rotatable bonds is 7. The number of aliphatic hydroxyl groups is 1. The van der Waals surface area contributed by atoms with E-state index in [1.807, 2.05) is 6.08 Å². The van der Waals surface area contributed by atoms with E-state index in [-0.39, 0.29) is 6.10 Å². The van der Waals surface area contributed by atoms with Gasteiger partial charge in [-0.15, -0.1) is 6.58 Å². The molecule has 1 aliphatic rings. The Bertz CT molecular complexity index is 437. The van der Waals surface area contributed by atoms with Crippen molar-refractivity contribution in [1.29, 1.82) is 0 Å². The van der Waals surface area contributed by atoms with Gasteiger partial charge in [-0.25, -0.2) is 4.98 Å². The van der Waals surface area contributed by atoms with Crippen molar-refractivity contribution in [3.8, 4) is 0 Å². The molecule has 1 N–H and O–H groups in total. The Balaban J connectivity index is 1.82. The molecular formula is C15H26N4OS. The minimum atomic E-state index is -0.247. The Labute approximate surface area is 131 Å². The van der Waals surface area contributed by atoms with Gasteiger partial charge in [0.1, 0.15) is 5.82 Å². The van der Waals surface area contributed by atoms with Crippen LogP contribution in [-0.2, 0) is 6.42 Å². The second-order valence-electron chi connectivity index (χ2n) is 5.51. The van der Waals surface area contributed by atoms with E-state index in [9.17, 15) is 5.11 Å². The molecule has 0 aromatic carbocycles. The van der Waals surface area contributed by atoms with E-state index in [1.54, 1.807) is 0 Å². The van der Waals surface area contributed by atoms with Crippen LogP contribution in [0.2, 0.25) is 0 Å². The van der Waals surface area contributed by atoms with Crippen molar-refractivity contribution in [1.82, 2.24) is 14.3 Å². The molecule has 0 radical (unpaired) electrons. The molecule has 2 rings (SSSR count). The summed E-state index contributed by atoms with van der Waals surface area (Å²) in [5.74, 6) is 0.941. The number of β-amino-alcohol motifs (C(OH)–C–C–N with tert-alkyl or cyclic N) is 1. The first-order valence-electron chi connectivity index (χ1n) is 7.81. The van der Waals surface area contributed by atoms with Gasteiger partial charge in [0.2, 0.25) is 5.13 Å². The minimum absolute atomic E-state index is 0.247. The summed E-state index contributed by atoms with van der Waals surface area (Å²) in [6, 6.07) is 0. The molecular weight excluding hydrogens is 284 g/mol. The zero-order chi connectivity index (χ0) is 15.1. The number of aliphatic hydroxyl groups excluding tert-OH is 1. The smallest absolute Gasteiger partial charge is 0.205 e. The zero-order valence-electron chi connectivity index (χ0n) is 12.9. The Kier molecular flexibility index (Phi) is 6.60. The summed E-state index contributed by atoms with van der Waals surface area (Å²) < 4.78 is 4.37. The van der Waals surface area contributed by atoms with E-state index >= 15 is 0 Å². The van der Waals surface area contributed by atoms with Gasteiger partial charge in [0.05, 0.1) is 6.10 Å². The molecule has 6 heteroatoms. The van der Waals surface area contributed by atoms with Gasteiger partial charge in [0.25, 0.3) is 0 Å². The fourth-order valence-electron chi connectivity index (χ4n) is 2.56. The lowest BCUT2D eigenvalue weighted by Gasteiger charge is -2.23. The molecule has 21 heavy (non-hydrogen) atoms. The molecule has 1 aliphatic heterocycles. The van der Waals surface area contributed by atoms with Crippen LogP contribution in [-0.4, -0.2) is 58.2 Å². The highest BCUT2D eigenvalue weighted by Gasteiger charge is 2.19. The van der Waals surface area contributed by atoms with Crippen LogP contribution in [0.15, 0.2) is 12.7 Å². The first-order chi connectivity index (χ1) is 10.2. The molecule has 2 heterocycles. The van der Waals surface area contributed by atoms with Crippen LogP contribution in [0.4, 0.5) is 5.13 Å². The molecule has 5 nitrogen and oxygen atoms in total. The molecule has 1 atom stereocenters. The molecule has 1 aromatic rings. The second-order valence-corrected chi connectivity index (χ2v) is 6.24. The van der Waals surface area contributed by atoms with Crippen molar-refractivity contribution in [2.75, 3.05) is 37.6 Å². The summed E-state index contributed by atoms with van der Waals surface area (Å²) in [7, 11) is 0. The van der Waals surface area contributed by atoms with Crippen molar-refractivity contribution < 1.29 is 5.11 Å². The average Bonchev–Trinajstić information content (AvgIpc) is 2.85. The van der Waals surface area contributed by atoms with Crippen LogP contribution in [0.5, 0.6) is 0 Å². The Morgan fingerprint density at radius 1 is 1.38 bits per heavy atom. The van der Waals surface area contributed by atoms with Crippen molar-refractivity contribution in [3.63, 3.8) is 0 Å². The first-order valence-corrected chi connectivity index (χ1v) is 8.59. The van der Waals surface area contributed by atoms with Gasteiger partial charge in [0.15, 0.2) is 0 Å². The molecule has 1 unspecified atom stereocenters. The summed E-state index contributed by atoms with van der Waals surface area (Å²) >= 11 is 1.50. The molecule has 0 amide bonds. The lowest BCUT2D eigenvalue weighted by Crippen LogP contribution is -2.35. The van der Waals surface area contributed by atoms with E-state index in [2.05, 4.69) is 32.7 Å². The van der Waals surface area contributed by atoms with Crippen molar-refractivity contribution in [2.24, 2.45) is 0 Å². The third-order valence-electron chi connectivity index (χ3n) is 3.81. The van der Waals surface area contributed by atoms with Gasteiger partial charge < -0.3 is 10.0 Å². The number of anilines is 1. The molecule has 0 saturated carbocycles. The zero-order valence-corrected chi connectivity index (χ0v) is 13.7. The van der Waals surface area contributed by atoms with E-state index in [1.165, 1.54) is 11.5 Å². The molecule has 1 saturated heterocycles. The van der Waals surface area contributed by atoms with Crippen molar-refractivity contribution in [2.45, 2.75) is 38.7 Å². The summed E-state index contributed by atoms with van der Waals surface area (Å²) in [5, 5.41) is 11.1. The lowest BCUT2D eigenvalue weighted by atomic mass is 10.2. The molecule has 0 bridgehead atoms. The van der Waals surface area contributed by atoms with E-state index in [0.717, 1.165) is 69.4 Å². The SMILES string of the molecule is C=CCCC(O)CN1CCCN(c2nc(CC)ns2)CC1. The van der Waals surface area contributed by atoms with E-state index in [4.69, 9.17) is 0 Å². The predicted molar refractivity (Wildman–Crippen MR) is 88.0 cm³/mol. The fourth-order valence-corrected chi connectivity index (χ4v) is 3.36. The largest absolute Gasteiger partial charge is 0.392 e. The highest BCUT2D eigenvalue weighted by atomic mass is 32.1. The Hall–Kier alpha value is -0.980. The average molecular weight is 310 g/mol. The molecule has 1 aromatic heterocycles. The topological polar surface area (TPSA) is 52.5 Å². The normalized spacial score (nSPS) is 18.5. The van der Waals surface area contributed by atoms with Crippen molar-refractivity contribution >= 4 is 16.7 Å². The molecule has 118 valence electrons. The van der Waals surface area contributed by atoms with E-state index in [0.29, 0.717) is 0 Å². The Morgan fingerprint density at radius 3 is 2.95 bits per heavy atom. The second kappa shape index (κ2) is 8.46. The Morgan fingerprint density at radius 2 is 2.24 bits per heavy atom. The predicted octanol–water partition coefficient (Wildman–Crippen LogP) is 1.94. The molecule has 0 spiro atoms. The van der Waals surface area contributed by atoms with Crippen LogP contribution in [0.1, 0.15) is 32.0 Å². The maximum atomic E-state index is 10.0. The minimum Gasteiger partial charge on any atom is -0.392 e. The van der Waals surface area contributed by atoms with Gasteiger partial charge in [0, 0.05) is 44.1 Å². The molecule has 1 fully saturated rings. The standard InChI is InChI=1S/C15H26N4OS/c1-3-5-7-13(20)12-18-8-6-9-19(11-10-18)15-16-14(4-2)17-21-15/h3,13,20H,1,4-12H2,2H3. The molecule has 0 aliphatic carbocycles. The third kappa shape index (κ3) is 5.05. The summed E-state index contributed by atoms with van der Waals surface area (Å²) in [5.41, 5.74) is 0. The number of aryl methyl sites for hydroxylation is 1. The highest BCUT2D eigenvalue weighted by molar-refractivity contribution is 7.09. The number of allylic oxidation sites excluding steroid dienone is 1. The summed E-state index contributed by atoms with van der Waals surface area (Å²) in [6.45, 7) is 10.6. The number of hydrogen-bond acceptors (Lipinski definition) is 6. The lowest BCUT2D eigenvalue weighted by molar-refractivity contribution is 0.110. The number of nitrogens with zero attached hydrogens (tertiary/aromatic N) is 4. The van der Waals surface area contributed by atoms with Gasteiger partial charge in [-0.1, -0.05) is 13.0 Å². The number of hydrogen-bond donors (Lipinski definition) is 1. The highest BCUT2D eigenvalue weighted by Crippen LogP contribution is 2.19. The van der Waals surface area contributed by atoms with E-state index < -0.39 is 0 Å². The quantitative estimate of drug-likeness (QED) is 0.780. The van der Waals surface area contributed by atoms with Crippen LogP contribution >= 0.6 is 11.5 Å². The van der Waals surface area contributed by atoms with Gasteiger partial charge in [-0.05, 0) is 25.8 Å². The van der Waals surface area contributed by atoms with Gasteiger partial charge in [-0.2, -0.15) is 4.37 Å². The van der Waals surface area contributed by atoms with Gasteiger partial charge in [-0.3, -0.25) is 4.90 Å². The fraction of sp³-hybridized carbons (Fsp3) is 0.733. The summed E-state index contributed by atoms with van der Waals surface area (Å²) in [4.78, 5) is 9.26. The van der Waals surface area contributed by atoms with Gasteiger partial charge >= 0.3 is 0 Å². The number of aromatic nitrogens is 2. The van der Waals surface area contributed by atoms with Crippen LogP contribution in [0.3, 0.4) is 0 Å². The first kappa shape index (κ1) is 16.4. The van der Waals surface area contributed by atoms with Crippen molar-refractivity contribution in [3.05, 3.63) is 18.5 Å². The van der Waals surface area contributed by atoms with Crippen LogP contribution < -0.4 is 4.90 Å².